The van der Waals surface area contributed by atoms with E-state index in [2.05, 4.69) is 5.32 Å². The van der Waals surface area contributed by atoms with Crippen molar-refractivity contribution in [2.45, 2.75) is 51.4 Å². The first kappa shape index (κ1) is 23.4. The third-order valence-corrected chi connectivity index (χ3v) is 6.85. The lowest BCUT2D eigenvalue weighted by atomic mass is 9.73. The van der Waals surface area contributed by atoms with Gasteiger partial charge in [0.25, 0.3) is 5.91 Å². The number of aryl methyl sites for hydroxylation is 1. The fourth-order valence-electron chi connectivity index (χ4n) is 4.98. The van der Waals surface area contributed by atoms with E-state index in [-0.39, 0.29) is 24.1 Å². The minimum absolute atomic E-state index is 0.0239. The molecular weight excluding hydrogens is 466 g/mol. The lowest BCUT2D eigenvalue weighted by molar-refractivity contribution is -0.119. The predicted octanol–water partition coefficient (Wildman–Crippen LogP) is 5.79. The van der Waals surface area contributed by atoms with Crippen molar-refractivity contribution >= 4 is 34.8 Å². The Kier molecular flexibility index (Phi) is 6.48. The number of nitrogens with one attached hydrogen (secondary N) is 1. The van der Waals surface area contributed by atoms with Crippen LogP contribution < -0.4 is 10.1 Å². The summed E-state index contributed by atoms with van der Waals surface area (Å²) in [6.45, 7) is 1.74. The number of benzene rings is 2. The molecule has 0 unspecified atom stereocenters. The van der Waals surface area contributed by atoms with Crippen molar-refractivity contribution < 1.29 is 23.9 Å². The van der Waals surface area contributed by atoms with E-state index in [1.165, 1.54) is 0 Å². The fraction of sp³-hybridized carbons (Fsp3) is 0.321. The molecule has 7 heteroatoms. The first-order valence-corrected chi connectivity index (χ1v) is 12.3. The minimum Gasteiger partial charge on any atom is -0.483 e. The van der Waals surface area contributed by atoms with Crippen LogP contribution in [0.2, 0.25) is 5.02 Å². The summed E-state index contributed by atoms with van der Waals surface area (Å²) in [4.78, 5) is 38.7. The lowest BCUT2D eigenvalue weighted by Gasteiger charge is -2.36. The highest BCUT2D eigenvalue weighted by atomic mass is 35.5. The van der Waals surface area contributed by atoms with Gasteiger partial charge in [0.15, 0.2) is 18.2 Å². The van der Waals surface area contributed by atoms with Crippen LogP contribution >= 0.6 is 11.6 Å². The van der Waals surface area contributed by atoms with Gasteiger partial charge in [0, 0.05) is 53.1 Å². The molecule has 0 spiro atoms. The van der Waals surface area contributed by atoms with Gasteiger partial charge in [-0.25, -0.2) is 0 Å². The Labute approximate surface area is 208 Å². The number of allylic oxidation sites excluding steroid dienone is 4. The molecule has 0 radical (unpaired) electrons. The standard InChI is InChI=1S/C28H26ClNO5/c1-16-8-11-18(12-9-16)30-25(33)15-34-22-13-10-17(29)14-19(22)26-27-20(31)4-2-6-23(27)35-24-7-3-5-21(32)28(24)26/h8-14,26H,2-7,15H2,1H3,(H,30,33). The van der Waals surface area contributed by atoms with Crippen LogP contribution in [0.3, 0.4) is 0 Å². The third kappa shape index (κ3) is 4.76. The number of hydrogen-bond acceptors (Lipinski definition) is 5. The summed E-state index contributed by atoms with van der Waals surface area (Å²) in [5.74, 6) is 0.724. The van der Waals surface area contributed by atoms with Crippen molar-refractivity contribution in [3.63, 3.8) is 0 Å². The van der Waals surface area contributed by atoms with Gasteiger partial charge in [0.1, 0.15) is 17.3 Å². The van der Waals surface area contributed by atoms with Gasteiger partial charge in [0.05, 0.1) is 5.92 Å². The van der Waals surface area contributed by atoms with Gasteiger partial charge in [-0.3, -0.25) is 14.4 Å². The number of ether oxygens (including phenoxy) is 2. The number of hydrogen-bond donors (Lipinski definition) is 1. The molecule has 1 aliphatic heterocycles. The zero-order valence-electron chi connectivity index (χ0n) is 19.5. The number of halogens is 1. The van der Waals surface area contributed by atoms with Crippen LogP contribution in [-0.2, 0) is 19.1 Å². The quantitative estimate of drug-likeness (QED) is 0.572. The summed E-state index contributed by atoms with van der Waals surface area (Å²) in [6.07, 6.45) is 3.56. The van der Waals surface area contributed by atoms with E-state index in [4.69, 9.17) is 21.1 Å². The van der Waals surface area contributed by atoms with E-state index in [9.17, 15) is 14.4 Å². The van der Waals surface area contributed by atoms with Gasteiger partial charge in [0.2, 0.25) is 0 Å². The Hall–Kier alpha value is -3.38. The molecule has 5 rings (SSSR count). The minimum atomic E-state index is -0.608. The molecule has 1 N–H and O–H groups in total. The Morgan fingerprint density at radius 3 is 2.23 bits per heavy atom. The zero-order valence-corrected chi connectivity index (χ0v) is 20.2. The van der Waals surface area contributed by atoms with Crippen LogP contribution in [0.5, 0.6) is 5.75 Å². The molecule has 0 aromatic heterocycles. The van der Waals surface area contributed by atoms with Crippen molar-refractivity contribution in [3.05, 3.63) is 81.3 Å². The van der Waals surface area contributed by atoms with Crippen molar-refractivity contribution in [2.75, 3.05) is 11.9 Å². The monoisotopic (exact) mass is 491 g/mol. The molecule has 0 fully saturated rings. The van der Waals surface area contributed by atoms with Crippen LogP contribution in [0.25, 0.3) is 0 Å². The summed E-state index contributed by atoms with van der Waals surface area (Å²) in [7, 11) is 0. The van der Waals surface area contributed by atoms with Gasteiger partial charge in [-0.1, -0.05) is 29.3 Å². The summed E-state index contributed by atoms with van der Waals surface area (Å²) in [6, 6.07) is 12.6. The molecule has 0 atom stereocenters. The molecule has 180 valence electrons. The second-order valence-electron chi connectivity index (χ2n) is 9.15. The molecule has 35 heavy (non-hydrogen) atoms. The lowest BCUT2D eigenvalue weighted by Crippen LogP contribution is -2.30. The molecule has 6 nitrogen and oxygen atoms in total. The van der Waals surface area contributed by atoms with E-state index in [0.717, 1.165) is 18.4 Å². The Morgan fingerprint density at radius 1 is 0.971 bits per heavy atom. The molecular formula is C28H26ClNO5. The zero-order chi connectivity index (χ0) is 24.5. The van der Waals surface area contributed by atoms with Gasteiger partial charge >= 0.3 is 0 Å². The molecule has 1 amide bonds. The van der Waals surface area contributed by atoms with Crippen molar-refractivity contribution in [1.82, 2.24) is 0 Å². The third-order valence-electron chi connectivity index (χ3n) is 6.62. The van der Waals surface area contributed by atoms with Crippen LogP contribution in [-0.4, -0.2) is 24.1 Å². The van der Waals surface area contributed by atoms with Crippen molar-refractivity contribution in [2.24, 2.45) is 0 Å². The van der Waals surface area contributed by atoms with Crippen molar-refractivity contribution in [3.8, 4) is 5.75 Å². The molecule has 0 saturated heterocycles. The van der Waals surface area contributed by atoms with Crippen molar-refractivity contribution in [1.29, 1.82) is 0 Å². The molecule has 1 heterocycles. The summed E-state index contributed by atoms with van der Waals surface area (Å²) in [5.41, 5.74) is 3.41. The van der Waals surface area contributed by atoms with Crippen LogP contribution in [0.1, 0.15) is 55.6 Å². The maximum atomic E-state index is 13.1. The van der Waals surface area contributed by atoms with Crippen LogP contribution in [0, 0.1) is 6.92 Å². The molecule has 0 saturated carbocycles. The molecule has 2 aromatic carbocycles. The second kappa shape index (κ2) is 9.70. The topological polar surface area (TPSA) is 81.7 Å². The van der Waals surface area contributed by atoms with Crippen LogP contribution in [0.15, 0.2) is 65.1 Å². The Bertz CT molecular complexity index is 1230. The molecule has 0 bridgehead atoms. The average Bonchev–Trinajstić information content (AvgIpc) is 2.84. The molecule has 3 aliphatic rings. The van der Waals surface area contributed by atoms with E-state index in [1.54, 1.807) is 18.2 Å². The highest BCUT2D eigenvalue weighted by Gasteiger charge is 2.42. The number of ketones is 2. The van der Waals surface area contributed by atoms with Gasteiger partial charge in [-0.15, -0.1) is 0 Å². The van der Waals surface area contributed by atoms with Crippen LogP contribution in [0.4, 0.5) is 5.69 Å². The molecule has 2 aromatic rings. The highest BCUT2D eigenvalue weighted by Crippen LogP contribution is 2.50. The first-order valence-electron chi connectivity index (χ1n) is 11.9. The maximum Gasteiger partial charge on any atom is 0.262 e. The fourth-order valence-corrected chi connectivity index (χ4v) is 5.16. The summed E-state index contributed by atoms with van der Waals surface area (Å²) >= 11 is 6.37. The Morgan fingerprint density at radius 2 is 1.60 bits per heavy atom. The average molecular weight is 492 g/mol. The second-order valence-corrected chi connectivity index (χ2v) is 9.58. The summed E-state index contributed by atoms with van der Waals surface area (Å²) < 4.78 is 12.1. The number of carbonyl (C=O) groups excluding carboxylic acids is 3. The predicted molar refractivity (Wildman–Crippen MR) is 132 cm³/mol. The number of Topliss-reactive ketones (excluding diaryl/α,β-unsaturated/α-hetero) is 2. The summed E-state index contributed by atoms with van der Waals surface area (Å²) in [5, 5.41) is 3.27. The normalized spacial score (nSPS) is 18.1. The highest BCUT2D eigenvalue weighted by molar-refractivity contribution is 6.30. The van der Waals surface area contributed by atoms with Gasteiger partial charge < -0.3 is 14.8 Å². The van der Waals surface area contributed by atoms with E-state index in [0.29, 0.717) is 70.4 Å². The van der Waals surface area contributed by atoms with Gasteiger partial charge in [-0.2, -0.15) is 0 Å². The number of amides is 1. The SMILES string of the molecule is Cc1ccc(NC(=O)COc2ccc(Cl)cc2C2C3=C(CCCC3=O)OC3=C2C(=O)CCC3)cc1. The van der Waals surface area contributed by atoms with E-state index < -0.39 is 5.92 Å². The molecule has 2 aliphatic carbocycles. The first-order chi connectivity index (χ1) is 16.9. The largest absolute Gasteiger partial charge is 0.483 e. The Balaban J connectivity index is 1.48. The van der Waals surface area contributed by atoms with E-state index in [1.807, 2.05) is 31.2 Å². The number of rotatable bonds is 5. The maximum absolute atomic E-state index is 13.1. The number of carbonyl (C=O) groups is 3. The smallest absolute Gasteiger partial charge is 0.262 e. The van der Waals surface area contributed by atoms with E-state index >= 15 is 0 Å². The number of anilines is 1. The van der Waals surface area contributed by atoms with Gasteiger partial charge in [-0.05, 0) is 50.1 Å².